The molecule has 5 heteroatoms. The van der Waals surface area contributed by atoms with E-state index >= 15 is 0 Å². The summed E-state index contributed by atoms with van der Waals surface area (Å²) in [6.07, 6.45) is 2.19. The van der Waals surface area contributed by atoms with Crippen molar-refractivity contribution in [3.05, 3.63) is 66.4 Å². The quantitative estimate of drug-likeness (QED) is 0.417. The van der Waals surface area contributed by atoms with Gasteiger partial charge in [0.2, 0.25) is 5.91 Å². The van der Waals surface area contributed by atoms with Crippen molar-refractivity contribution in [1.82, 2.24) is 4.98 Å². The molecule has 1 fully saturated rings. The Hall–Kier alpha value is -3.21. The van der Waals surface area contributed by atoms with E-state index in [1.54, 1.807) is 23.2 Å². The number of esters is 1. The van der Waals surface area contributed by atoms with Crippen LogP contribution in [0.4, 0.5) is 5.69 Å². The number of hydrogen-bond donors (Lipinski definition) is 0. The van der Waals surface area contributed by atoms with Crippen LogP contribution in [0.25, 0.3) is 10.9 Å². The first-order chi connectivity index (χ1) is 12.1. The van der Waals surface area contributed by atoms with Crippen LogP contribution in [0.2, 0.25) is 0 Å². The lowest BCUT2D eigenvalue weighted by Gasteiger charge is -2.41. The molecular weight excluding hydrogens is 316 g/mol. The SMILES string of the molecule is CC(=O)Oc1ccc(C2CC(=O)N2c2cccc3cccnc23)cc1. The van der Waals surface area contributed by atoms with Gasteiger partial charge in [-0.15, -0.1) is 0 Å². The number of benzene rings is 2. The molecule has 1 amide bonds. The number of rotatable bonds is 3. The third kappa shape index (κ3) is 2.74. The van der Waals surface area contributed by atoms with Gasteiger partial charge in [-0.3, -0.25) is 14.6 Å². The summed E-state index contributed by atoms with van der Waals surface area (Å²) in [6, 6.07) is 17.0. The van der Waals surface area contributed by atoms with Crippen LogP contribution in [0.15, 0.2) is 60.8 Å². The lowest BCUT2D eigenvalue weighted by Crippen LogP contribution is -2.46. The highest BCUT2D eigenvalue weighted by atomic mass is 16.5. The Kier molecular flexibility index (Phi) is 3.69. The average Bonchev–Trinajstić information content (AvgIpc) is 2.60. The second-order valence-electron chi connectivity index (χ2n) is 6.00. The van der Waals surface area contributed by atoms with Crippen molar-refractivity contribution >= 4 is 28.5 Å². The predicted octanol–water partition coefficient (Wildman–Crippen LogP) is 3.64. The Balaban J connectivity index is 1.68. The molecule has 0 bridgehead atoms. The summed E-state index contributed by atoms with van der Waals surface area (Å²) in [5, 5.41) is 1.00. The first-order valence-electron chi connectivity index (χ1n) is 8.07. The molecule has 3 aromatic rings. The summed E-state index contributed by atoms with van der Waals surface area (Å²) in [7, 11) is 0. The first-order valence-corrected chi connectivity index (χ1v) is 8.07. The molecule has 0 spiro atoms. The summed E-state index contributed by atoms with van der Waals surface area (Å²) in [5.41, 5.74) is 2.64. The highest BCUT2D eigenvalue weighted by Gasteiger charge is 2.39. The second-order valence-corrected chi connectivity index (χ2v) is 6.00. The van der Waals surface area contributed by atoms with Crippen molar-refractivity contribution in [3.8, 4) is 5.75 Å². The minimum atomic E-state index is -0.352. The van der Waals surface area contributed by atoms with Gasteiger partial charge in [-0.2, -0.15) is 0 Å². The van der Waals surface area contributed by atoms with Crippen LogP contribution in [0.5, 0.6) is 5.75 Å². The number of para-hydroxylation sites is 1. The minimum Gasteiger partial charge on any atom is -0.427 e. The summed E-state index contributed by atoms with van der Waals surface area (Å²) < 4.78 is 5.06. The van der Waals surface area contributed by atoms with Gasteiger partial charge >= 0.3 is 5.97 Å². The first kappa shape index (κ1) is 15.3. The Morgan fingerprint density at radius 2 is 1.88 bits per heavy atom. The van der Waals surface area contributed by atoms with Crippen molar-refractivity contribution in [2.75, 3.05) is 4.90 Å². The van der Waals surface area contributed by atoms with Crippen LogP contribution in [0.1, 0.15) is 24.9 Å². The topological polar surface area (TPSA) is 59.5 Å². The van der Waals surface area contributed by atoms with E-state index < -0.39 is 0 Å². The fraction of sp³-hybridized carbons (Fsp3) is 0.150. The van der Waals surface area contributed by atoms with Crippen LogP contribution in [-0.4, -0.2) is 16.9 Å². The molecule has 0 aliphatic carbocycles. The molecule has 1 saturated heterocycles. The molecule has 1 aromatic heterocycles. The summed E-state index contributed by atoms with van der Waals surface area (Å²) in [4.78, 5) is 29.6. The molecule has 0 saturated carbocycles. The van der Waals surface area contributed by atoms with Gasteiger partial charge in [-0.1, -0.05) is 30.3 Å². The predicted molar refractivity (Wildman–Crippen MR) is 94.3 cm³/mol. The smallest absolute Gasteiger partial charge is 0.308 e. The summed E-state index contributed by atoms with van der Waals surface area (Å²) in [6.45, 7) is 1.37. The molecule has 5 nitrogen and oxygen atoms in total. The third-order valence-electron chi connectivity index (χ3n) is 4.35. The highest BCUT2D eigenvalue weighted by Crippen LogP contribution is 2.41. The number of carbonyl (C=O) groups excluding carboxylic acids is 2. The van der Waals surface area contributed by atoms with E-state index in [2.05, 4.69) is 4.98 Å². The van der Waals surface area contributed by atoms with Gasteiger partial charge in [0.15, 0.2) is 0 Å². The number of ether oxygens (including phenoxy) is 1. The number of pyridine rings is 1. The molecule has 1 unspecified atom stereocenters. The van der Waals surface area contributed by atoms with Crippen LogP contribution in [0, 0.1) is 0 Å². The van der Waals surface area contributed by atoms with Crippen molar-refractivity contribution in [3.63, 3.8) is 0 Å². The zero-order chi connectivity index (χ0) is 17.4. The number of nitrogens with zero attached hydrogens (tertiary/aromatic N) is 2. The molecule has 25 heavy (non-hydrogen) atoms. The van der Waals surface area contributed by atoms with Crippen LogP contribution in [0.3, 0.4) is 0 Å². The lowest BCUT2D eigenvalue weighted by atomic mass is 9.92. The van der Waals surface area contributed by atoms with Crippen molar-refractivity contribution in [2.24, 2.45) is 0 Å². The second kappa shape index (κ2) is 6.02. The van der Waals surface area contributed by atoms with Crippen LogP contribution < -0.4 is 9.64 Å². The zero-order valence-electron chi connectivity index (χ0n) is 13.7. The monoisotopic (exact) mass is 332 g/mol. The molecule has 0 radical (unpaired) electrons. The fourth-order valence-corrected chi connectivity index (χ4v) is 3.19. The highest BCUT2D eigenvalue weighted by molar-refractivity contribution is 6.07. The van der Waals surface area contributed by atoms with E-state index in [9.17, 15) is 9.59 Å². The van der Waals surface area contributed by atoms with Gasteiger partial charge in [-0.05, 0) is 29.8 Å². The Morgan fingerprint density at radius 1 is 1.12 bits per heavy atom. The molecule has 0 N–H and O–H groups in total. The molecule has 2 heterocycles. The standard InChI is InChI=1S/C20H16N2O3/c1-13(23)25-16-9-7-14(8-10-16)18-12-19(24)22(18)17-6-2-4-15-5-3-11-21-20(15)17/h2-11,18H,12H2,1H3. The number of β-lactam (4-membered cyclic amide) rings is 1. The van der Waals surface area contributed by atoms with Gasteiger partial charge in [0.25, 0.3) is 0 Å². The Bertz CT molecular complexity index is 961. The summed E-state index contributed by atoms with van der Waals surface area (Å²) >= 11 is 0. The Labute approximate surface area is 144 Å². The maximum atomic E-state index is 12.3. The minimum absolute atomic E-state index is 0.0357. The third-order valence-corrected chi connectivity index (χ3v) is 4.35. The molecule has 1 aliphatic heterocycles. The van der Waals surface area contributed by atoms with Crippen molar-refractivity contribution in [1.29, 1.82) is 0 Å². The van der Waals surface area contributed by atoms with E-state index in [1.165, 1.54) is 6.92 Å². The number of fused-ring (bicyclic) bond motifs is 1. The van der Waals surface area contributed by atoms with E-state index in [0.717, 1.165) is 22.2 Å². The molecular formula is C20H16N2O3. The maximum absolute atomic E-state index is 12.3. The Morgan fingerprint density at radius 3 is 2.60 bits per heavy atom. The number of carbonyl (C=O) groups is 2. The van der Waals surface area contributed by atoms with Gasteiger partial charge in [0, 0.05) is 18.5 Å². The van der Waals surface area contributed by atoms with Gasteiger partial charge in [0.1, 0.15) is 5.75 Å². The molecule has 124 valence electrons. The molecule has 2 aromatic carbocycles. The van der Waals surface area contributed by atoms with Gasteiger partial charge in [-0.25, -0.2) is 0 Å². The van der Waals surface area contributed by atoms with Gasteiger partial charge < -0.3 is 9.64 Å². The fourth-order valence-electron chi connectivity index (χ4n) is 3.19. The van der Waals surface area contributed by atoms with Crippen molar-refractivity contribution < 1.29 is 14.3 Å². The maximum Gasteiger partial charge on any atom is 0.308 e. The van der Waals surface area contributed by atoms with E-state index in [1.807, 2.05) is 42.5 Å². The largest absolute Gasteiger partial charge is 0.427 e. The van der Waals surface area contributed by atoms with Gasteiger partial charge in [0.05, 0.1) is 23.7 Å². The number of aromatic nitrogens is 1. The molecule has 4 rings (SSSR count). The lowest BCUT2D eigenvalue weighted by molar-refractivity contribution is -0.131. The zero-order valence-corrected chi connectivity index (χ0v) is 13.7. The number of anilines is 1. The van der Waals surface area contributed by atoms with Crippen LogP contribution in [-0.2, 0) is 9.59 Å². The van der Waals surface area contributed by atoms with E-state index in [0.29, 0.717) is 12.2 Å². The average molecular weight is 332 g/mol. The normalized spacial score (nSPS) is 16.6. The van der Waals surface area contributed by atoms with E-state index in [-0.39, 0.29) is 17.9 Å². The number of hydrogen-bond acceptors (Lipinski definition) is 4. The van der Waals surface area contributed by atoms with Crippen molar-refractivity contribution in [2.45, 2.75) is 19.4 Å². The van der Waals surface area contributed by atoms with E-state index in [4.69, 9.17) is 4.74 Å². The molecule has 1 aliphatic rings. The number of amides is 1. The molecule has 1 atom stereocenters. The summed E-state index contributed by atoms with van der Waals surface area (Å²) in [5.74, 6) is 0.225. The van der Waals surface area contributed by atoms with Crippen LogP contribution >= 0.6 is 0 Å².